The fraction of sp³-hybridized carbons (Fsp3) is 0.500. The van der Waals surface area contributed by atoms with Crippen LogP contribution >= 0.6 is 0 Å². The molecule has 2 atom stereocenters. The van der Waals surface area contributed by atoms with Crippen molar-refractivity contribution < 1.29 is 23.9 Å². The van der Waals surface area contributed by atoms with E-state index in [1.807, 2.05) is 0 Å². The number of nitrogens with one attached hydrogen (secondary N) is 3. The van der Waals surface area contributed by atoms with Crippen LogP contribution in [0.3, 0.4) is 0 Å². The van der Waals surface area contributed by atoms with Gasteiger partial charge >= 0.3 is 12.0 Å². The van der Waals surface area contributed by atoms with Crippen LogP contribution in [-0.2, 0) is 16.1 Å². The average molecular weight is 309 g/mol. The van der Waals surface area contributed by atoms with Crippen molar-refractivity contribution >= 4 is 17.9 Å². The maximum absolute atomic E-state index is 11.7. The number of rotatable bonds is 6. The van der Waals surface area contributed by atoms with E-state index in [4.69, 9.17) is 9.52 Å². The van der Waals surface area contributed by atoms with Crippen LogP contribution in [0.15, 0.2) is 22.8 Å². The number of carboxylic acid groups (broad SMARTS) is 1. The molecular formula is C14H19N3O5. The summed E-state index contributed by atoms with van der Waals surface area (Å²) >= 11 is 0. The van der Waals surface area contributed by atoms with E-state index in [1.165, 1.54) is 6.26 Å². The third-order valence-electron chi connectivity index (χ3n) is 3.59. The quantitative estimate of drug-likeness (QED) is 0.608. The molecule has 1 saturated carbocycles. The van der Waals surface area contributed by atoms with Crippen molar-refractivity contribution in [3.63, 3.8) is 0 Å². The Bertz CT molecular complexity index is 529. The number of hydrogen-bond acceptors (Lipinski definition) is 4. The summed E-state index contributed by atoms with van der Waals surface area (Å²) < 4.78 is 5.05. The van der Waals surface area contributed by atoms with Gasteiger partial charge in [0.1, 0.15) is 5.76 Å². The minimum atomic E-state index is -0.896. The SMILES string of the molecule is O=C(CNC(=O)NCc1ccco1)N[C@H]1CCC[C@H]1C(=O)O. The summed E-state index contributed by atoms with van der Waals surface area (Å²) in [5, 5.41) is 16.6. The molecule has 0 unspecified atom stereocenters. The highest BCUT2D eigenvalue weighted by Crippen LogP contribution is 2.25. The van der Waals surface area contributed by atoms with Gasteiger partial charge in [0.15, 0.2) is 0 Å². The molecule has 8 heteroatoms. The van der Waals surface area contributed by atoms with Gasteiger partial charge in [-0.1, -0.05) is 6.42 Å². The summed E-state index contributed by atoms with van der Waals surface area (Å²) in [6.07, 6.45) is 3.49. The zero-order valence-corrected chi connectivity index (χ0v) is 12.0. The maximum Gasteiger partial charge on any atom is 0.315 e. The van der Waals surface area contributed by atoms with Crippen LogP contribution in [0, 0.1) is 5.92 Å². The second-order valence-corrected chi connectivity index (χ2v) is 5.17. The molecule has 1 aliphatic rings. The van der Waals surface area contributed by atoms with Crippen LogP contribution in [-0.4, -0.2) is 35.6 Å². The van der Waals surface area contributed by atoms with E-state index in [0.717, 1.165) is 6.42 Å². The van der Waals surface area contributed by atoms with Gasteiger partial charge in [-0.15, -0.1) is 0 Å². The number of urea groups is 1. The van der Waals surface area contributed by atoms with Gasteiger partial charge in [-0.05, 0) is 25.0 Å². The number of carboxylic acids is 1. The topological polar surface area (TPSA) is 121 Å². The lowest BCUT2D eigenvalue weighted by Gasteiger charge is -2.17. The molecule has 0 radical (unpaired) electrons. The van der Waals surface area contributed by atoms with Crippen LogP contribution in [0.2, 0.25) is 0 Å². The molecule has 0 bridgehead atoms. The number of aliphatic carboxylic acids is 1. The number of hydrogen-bond donors (Lipinski definition) is 4. The molecule has 3 amide bonds. The lowest BCUT2D eigenvalue weighted by Crippen LogP contribution is -2.46. The summed E-state index contributed by atoms with van der Waals surface area (Å²) in [6, 6.07) is 2.58. The lowest BCUT2D eigenvalue weighted by molar-refractivity contribution is -0.142. The molecule has 1 aliphatic carbocycles. The van der Waals surface area contributed by atoms with Gasteiger partial charge in [-0.2, -0.15) is 0 Å². The Hall–Kier alpha value is -2.51. The maximum atomic E-state index is 11.7. The highest BCUT2D eigenvalue weighted by molar-refractivity contribution is 5.84. The van der Waals surface area contributed by atoms with Gasteiger partial charge in [0.2, 0.25) is 5.91 Å². The first-order chi connectivity index (χ1) is 10.6. The van der Waals surface area contributed by atoms with Gasteiger partial charge in [0.25, 0.3) is 0 Å². The molecule has 0 saturated heterocycles. The summed E-state index contributed by atoms with van der Waals surface area (Å²) in [6.45, 7) is 0.0248. The molecule has 4 N–H and O–H groups in total. The second kappa shape index (κ2) is 7.48. The predicted molar refractivity (Wildman–Crippen MR) is 75.9 cm³/mol. The number of amides is 3. The third kappa shape index (κ3) is 4.51. The summed E-state index contributed by atoms with van der Waals surface area (Å²) in [5.74, 6) is -1.23. The number of carbonyl (C=O) groups is 3. The van der Waals surface area contributed by atoms with E-state index in [0.29, 0.717) is 18.6 Å². The molecule has 120 valence electrons. The van der Waals surface area contributed by atoms with Crippen molar-refractivity contribution in [1.82, 2.24) is 16.0 Å². The van der Waals surface area contributed by atoms with Crippen LogP contribution in [0.1, 0.15) is 25.0 Å². The molecule has 0 spiro atoms. The van der Waals surface area contributed by atoms with Crippen LogP contribution in [0.4, 0.5) is 4.79 Å². The highest BCUT2D eigenvalue weighted by atomic mass is 16.4. The summed E-state index contributed by atoms with van der Waals surface area (Å²) in [7, 11) is 0. The summed E-state index contributed by atoms with van der Waals surface area (Å²) in [5.41, 5.74) is 0. The zero-order chi connectivity index (χ0) is 15.9. The van der Waals surface area contributed by atoms with E-state index < -0.39 is 23.8 Å². The van der Waals surface area contributed by atoms with E-state index >= 15 is 0 Å². The molecule has 22 heavy (non-hydrogen) atoms. The normalized spacial score (nSPS) is 20.4. The van der Waals surface area contributed by atoms with E-state index in [-0.39, 0.29) is 19.1 Å². The predicted octanol–water partition coefficient (Wildman–Crippen LogP) is 0.448. The minimum Gasteiger partial charge on any atom is -0.481 e. The molecule has 1 fully saturated rings. The van der Waals surface area contributed by atoms with Crippen molar-refractivity contribution in [2.75, 3.05) is 6.54 Å². The largest absolute Gasteiger partial charge is 0.481 e. The van der Waals surface area contributed by atoms with E-state index in [9.17, 15) is 14.4 Å². The Labute approximate surface area is 127 Å². The lowest BCUT2D eigenvalue weighted by atomic mass is 10.0. The molecular weight excluding hydrogens is 290 g/mol. The minimum absolute atomic E-state index is 0.202. The molecule has 2 rings (SSSR count). The van der Waals surface area contributed by atoms with Gasteiger partial charge in [0.05, 0.1) is 25.3 Å². The Kier molecular flexibility index (Phi) is 5.40. The van der Waals surface area contributed by atoms with Crippen LogP contribution in [0.5, 0.6) is 0 Å². The van der Waals surface area contributed by atoms with Gasteiger partial charge in [0, 0.05) is 6.04 Å². The number of furan rings is 1. The number of carbonyl (C=O) groups excluding carboxylic acids is 2. The van der Waals surface area contributed by atoms with Crippen LogP contribution < -0.4 is 16.0 Å². The first kappa shape index (κ1) is 15.9. The fourth-order valence-corrected chi connectivity index (χ4v) is 2.49. The third-order valence-corrected chi connectivity index (χ3v) is 3.59. The Balaban J connectivity index is 1.66. The zero-order valence-electron chi connectivity index (χ0n) is 12.0. The molecule has 1 aromatic heterocycles. The molecule has 1 heterocycles. The summed E-state index contributed by atoms with van der Waals surface area (Å²) in [4.78, 5) is 34.3. The van der Waals surface area contributed by atoms with Gasteiger partial charge in [-0.25, -0.2) is 4.79 Å². The van der Waals surface area contributed by atoms with E-state index in [2.05, 4.69) is 16.0 Å². The molecule has 0 aromatic carbocycles. The molecule has 8 nitrogen and oxygen atoms in total. The Morgan fingerprint density at radius 2 is 2.09 bits per heavy atom. The first-order valence-corrected chi connectivity index (χ1v) is 7.12. The molecule has 1 aromatic rings. The Morgan fingerprint density at radius 1 is 1.27 bits per heavy atom. The second-order valence-electron chi connectivity index (χ2n) is 5.17. The highest BCUT2D eigenvalue weighted by Gasteiger charge is 2.33. The first-order valence-electron chi connectivity index (χ1n) is 7.12. The van der Waals surface area contributed by atoms with Gasteiger partial charge < -0.3 is 25.5 Å². The average Bonchev–Trinajstić information content (AvgIpc) is 3.14. The van der Waals surface area contributed by atoms with E-state index in [1.54, 1.807) is 12.1 Å². The smallest absolute Gasteiger partial charge is 0.315 e. The van der Waals surface area contributed by atoms with Crippen molar-refractivity contribution in [2.45, 2.75) is 31.8 Å². The van der Waals surface area contributed by atoms with Crippen molar-refractivity contribution in [1.29, 1.82) is 0 Å². The fourth-order valence-electron chi connectivity index (χ4n) is 2.49. The van der Waals surface area contributed by atoms with Crippen LogP contribution in [0.25, 0.3) is 0 Å². The monoisotopic (exact) mass is 309 g/mol. The Morgan fingerprint density at radius 3 is 2.77 bits per heavy atom. The van der Waals surface area contributed by atoms with Crippen molar-refractivity contribution in [2.24, 2.45) is 5.92 Å². The van der Waals surface area contributed by atoms with Crippen molar-refractivity contribution in [3.8, 4) is 0 Å². The van der Waals surface area contributed by atoms with Gasteiger partial charge in [-0.3, -0.25) is 9.59 Å². The molecule has 0 aliphatic heterocycles. The van der Waals surface area contributed by atoms with Crippen molar-refractivity contribution in [3.05, 3.63) is 24.2 Å². The standard InChI is InChI=1S/C14H19N3O5/c18-12(17-11-5-1-4-10(11)13(19)20)8-16-14(21)15-7-9-3-2-6-22-9/h2-3,6,10-11H,1,4-5,7-8H2,(H,17,18)(H,19,20)(H2,15,16,21)/t10-,11+/m1/s1.